The van der Waals surface area contributed by atoms with Crippen LogP contribution in [0, 0.1) is 6.92 Å². The van der Waals surface area contributed by atoms with Crippen molar-refractivity contribution in [2.24, 2.45) is 0 Å². The number of thiazole rings is 1. The first kappa shape index (κ1) is 14.0. The van der Waals surface area contributed by atoms with E-state index in [0.29, 0.717) is 12.6 Å². The molecule has 2 N–H and O–H groups in total. The fraction of sp³-hybridized carbons (Fsp3) is 0.727. The van der Waals surface area contributed by atoms with Crippen LogP contribution in [0.1, 0.15) is 29.3 Å². The number of nitrogens with zero attached hydrogens (tertiary/aromatic N) is 1. The summed E-state index contributed by atoms with van der Waals surface area (Å²) >= 11 is 3.64. The minimum absolute atomic E-state index is 0.303. The second kappa shape index (κ2) is 8.06. The molecule has 0 saturated heterocycles. The van der Waals surface area contributed by atoms with Gasteiger partial charge in [0, 0.05) is 36.0 Å². The first-order valence-corrected chi connectivity index (χ1v) is 7.55. The van der Waals surface area contributed by atoms with E-state index in [0.717, 1.165) is 29.5 Å². The number of rotatable bonds is 8. The van der Waals surface area contributed by atoms with Crippen molar-refractivity contribution in [1.82, 2.24) is 10.3 Å². The fourth-order valence-electron chi connectivity index (χ4n) is 1.29. The largest absolute Gasteiger partial charge is 0.396 e. The third-order valence-electron chi connectivity index (χ3n) is 2.21. The van der Waals surface area contributed by atoms with Crippen LogP contribution in [0.5, 0.6) is 0 Å². The molecule has 0 saturated carbocycles. The molecular weight excluding hydrogens is 240 g/mol. The van der Waals surface area contributed by atoms with E-state index in [1.165, 1.54) is 4.88 Å². The Bertz CT molecular complexity index is 291. The maximum Gasteiger partial charge on any atom is 0.0897 e. The van der Waals surface area contributed by atoms with Crippen LogP contribution in [0.3, 0.4) is 0 Å². The summed E-state index contributed by atoms with van der Waals surface area (Å²) in [6, 6.07) is 0.393. The summed E-state index contributed by atoms with van der Waals surface area (Å²) < 4.78 is 0. The predicted molar refractivity (Wildman–Crippen MR) is 72.3 cm³/mol. The minimum Gasteiger partial charge on any atom is -0.396 e. The van der Waals surface area contributed by atoms with Gasteiger partial charge in [-0.15, -0.1) is 11.3 Å². The SMILES string of the molecule is Cc1ncc(C(C)NCCSCCCO)s1. The number of aryl methyl sites for hydroxylation is 1. The molecule has 0 aromatic carbocycles. The van der Waals surface area contributed by atoms with Crippen LogP contribution in [0.4, 0.5) is 0 Å². The van der Waals surface area contributed by atoms with E-state index in [1.54, 1.807) is 11.3 Å². The summed E-state index contributed by atoms with van der Waals surface area (Å²) in [6.45, 7) is 5.52. The van der Waals surface area contributed by atoms with Gasteiger partial charge in [-0.05, 0) is 26.0 Å². The fourth-order valence-corrected chi connectivity index (χ4v) is 2.91. The topological polar surface area (TPSA) is 45.2 Å². The monoisotopic (exact) mass is 260 g/mol. The van der Waals surface area contributed by atoms with Gasteiger partial charge in [0.05, 0.1) is 5.01 Å². The standard InChI is InChI=1S/C11H20N2OS2/c1-9(11-8-13-10(2)16-11)12-4-7-15-6-3-5-14/h8-9,12,14H,3-7H2,1-2H3. The van der Waals surface area contributed by atoms with Crippen LogP contribution < -0.4 is 5.32 Å². The lowest BCUT2D eigenvalue weighted by Gasteiger charge is -2.10. The highest BCUT2D eigenvalue weighted by Crippen LogP contribution is 2.19. The van der Waals surface area contributed by atoms with E-state index < -0.39 is 0 Å². The van der Waals surface area contributed by atoms with Crippen LogP contribution in [0.15, 0.2) is 6.20 Å². The van der Waals surface area contributed by atoms with E-state index in [9.17, 15) is 0 Å². The molecule has 0 spiro atoms. The molecule has 1 rings (SSSR count). The molecule has 0 aliphatic rings. The Kier molecular flexibility index (Phi) is 7.03. The Morgan fingerprint density at radius 3 is 3.00 bits per heavy atom. The van der Waals surface area contributed by atoms with Crippen molar-refractivity contribution in [3.05, 3.63) is 16.1 Å². The van der Waals surface area contributed by atoms with E-state index >= 15 is 0 Å². The zero-order valence-corrected chi connectivity index (χ0v) is 11.5. The van der Waals surface area contributed by atoms with Crippen LogP contribution in [0.25, 0.3) is 0 Å². The van der Waals surface area contributed by atoms with Gasteiger partial charge in [-0.2, -0.15) is 11.8 Å². The summed E-state index contributed by atoms with van der Waals surface area (Å²) in [6.07, 6.45) is 2.85. The number of hydrogen-bond donors (Lipinski definition) is 2. The summed E-state index contributed by atoms with van der Waals surface area (Å²) in [5, 5.41) is 13.2. The van der Waals surface area contributed by atoms with Gasteiger partial charge >= 0.3 is 0 Å². The quantitative estimate of drug-likeness (QED) is 0.704. The predicted octanol–water partition coefficient (Wildman–Crippen LogP) is 2.22. The van der Waals surface area contributed by atoms with Gasteiger partial charge in [-0.25, -0.2) is 4.98 Å². The third kappa shape index (κ3) is 5.30. The second-order valence-electron chi connectivity index (χ2n) is 3.65. The Balaban J connectivity index is 2.09. The highest BCUT2D eigenvalue weighted by molar-refractivity contribution is 7.99. The van der Waals surface area contributed by atoms with E-state index in [2.05, 4.69) is 17.2 Å². The van der Waals surface area contributed by atoms with Crippen molar-refractivity contribution >= 4 is 23.1 Å². The Morgan fingerprint density at radius 1 is 1.56 bits per heavy atom. The lowest BCUT2D eigenvalue weighted by molar-refractivity contribution is 0.296. The lowest BCUT2D eigenvalue weighted by Crippen LogP contribution is -2.20. The normalized spacial score (nSPS) is 12.9. The summed E-state index contributed by atoms with van der Waals surface area (Å²) in [7, 11) is 0. The van der Waals surface area contributed by atoms with Gasteiger partial charge < -0.3 is 10.4 Å². The lowest BCUT2D eigenvalue weighted by atomic mass is 10.3. The van der Waals surface area contributed by atoms with Crippen molar-refractivity contribution in [3.63, 3.8) is 0 Å². The minimum atomic E-state index is 0.303. The number of aliphatic hydroxyl groups is 1. The van der Waals surface area contributed by atoms with Gasteiger partial charge in [-0.1, -0.05) is 0 Å². The number of aliphatic hydroxyl groups excluding tert-OH is 1. The molecule has 1 heterocycles. The number of hydrogen-bond acceptors (Lipinski definition) is 5. The number of thioether (sulfide) groups is 1. The van der Waals surface area contributed by atoms with Crippen LogP contribution >= 0.6 is 23.1 Å². The van der Waals surface area contributed by atoms with Crippen molar-refractivity contribution in [1.29, 1.82) is 0 Å². The molecule has 0 fully saturated rings. The molecule has 1 aromatic heterocycles. The van der Waals surface area contributed by atoms with Crippen molar-refractivity contribution in [2.45, 2.75) is 26.3 Å². The van der Waals surface area contributed by atoms with Crippen molar-refractivity contribution < 1.29 is 5.11 Å². The van der Waals surface area contributed by atoms with Crippen LogP contribution in [-0.4, -0.2) is 34.7 Å². The molecule has 0 aliphatic carbocycles. The summed E-state index contributed by atoms with van der Waals surface area (Å²) in [5.41, 5.74) is 0. The molecule has 3 nitrogen and oxygen atoms in total. The third-order valence-corrected chi connectivity index (χ3v) is 4.38. The maximum atomic E-state index is 8.63. The van der Waals surface area contributed by atoms with Gasteiger partial charge in [0.1, 0.15) is 0 Å². The average Bonchev–Trinajstić information content (AvgIpc) is 2.70. The van der Waals surface area contributed by atoms with Crippen LogP contribution in [-0.2, 0) is 0 Å². The highest BCUT2D eigenvalue weighted by Gasteiger charge is 2.06. The second-order valence-corrected chi connectivity index (χ2v) is 6.14. The average molecular weight is 260 g/mol. The van der Waals surface area contributed by atoms with Gasteiger partial charge in [-0.3, -0.25) is 0 Å². The molecule has 1 atom stereocenters. The highest BCUT2D eigenvalue weighted by atomic mass is 32.2. The zero-order chi connectivity index (χ0) is 11.8. The molecule has 0 radical (unpaired) electrons. The maximum absolute atomic E-state index is 8.63. The molecule has 16 heavy (non-hydrogen) atoms. The van der Waals surface area contributed by atoms with Crippen LogP contribution in [0.2, 0.25) is 0 Å². The van der Waals surface area contributed by atoms with Crippen molar-refractivity contribution in [2.75, 3.05) is 24.7 Å². The Hall–Kier alpha value is -0.100. The van der Waals surface area contributed by atoms with Crippen molar-refractivity contribution in [3.8, 4) is 0 Å². The Morgan fingerprint density at radius 2 is 2.38 bits per heavy atom. The van der Waals surface area contributed by atoms with E-state index in [4.69, 9.17) is 5.11 Å². The van der Waals surface area contributed by atoms with Gasteiger partial charge in [0.2, 0.25) is 0 Å². The molecule has 1 aromatic rings. The number of aromatic nitrogens is 1. The first-order chi connectivity index (χ1) is 7.74. The molecular formula is C11H20N2OS2. The molecule has 1 unspecified atom stereocenters. The van der Waals surface area contributed by atoms with Gasteiger partial charge in [0.15, 0.2) is 0 Å². The first-order valence-electron chi connectivity index (χ1n) is 5.58. The molecule has 0 aliphatic heterocycles. The van der Waals surface area contributed by atoms with Gasteiger partial charge in [0.25, 0.3) is 0 Å². The Labute approximate surface area is 106 Å². The smallest absolute Gasteiger partial charge is 0.0897 e. The summed E-state index contributed by atoms with van der Waals surface area (Å²) in [4.78, 5) is 5.56. The summed E-state index contributed by atoms with van der Waals surface area (Å²) in [5.74, 6) is 2.15. The molecule has 0 amide bonds. The molecule has 0 bridgehead atoms. The number of nitrogens with one attached hydrogen (secondary N) is 1. The van der Waals surface area contributed by atoms with E-state index in [-0.39, 0.29) is 0 Å². The zero-order valence-electron chi connectivity index (χ0n) is 9.90. The molecule has 92 valence electrons. The molecule has 5 heteroatoms. The van der Waals surface area contributed by atoms with E-state index in [1.807, 2.05) is 24.9 Å².